The van der Waals surface area contributed by atoms with Gasteiger partial charge in [0.2, 0.25) is 5.91 Å². The lowest BCUT2D eigenvalue weighted by molar-refractivity contribution is -0.141. The summed E-state index contributed by atoms with van der Waals surface area (Å²) in [4.78, 5) is 21.5. The maximum atomic E-state index is 10.9. The Balaban J connectivity index is 4.09. The van der Waals surface area contributed by atoms with Crippen LogP contribution in [0.1, 0.15) is 13.3 Å². The first-order valence-corrected chi connectivity index (χ1v) is 4.52. The van der Waals surface area contributed by atoms with Gasteiger partial charge in [0.1, 0.15) is 6.04 Å². The Kier molecular flexibility index (Phi) is 6.05. The van der Waals surface area contributed by atoms with E-state index in [1.54, 1.807) is 13.0 Å². The molecule has 0 saturated heterocycles. The van der Waals surface area contributed by atoms with E-state index < -0.39 is 17.9 Å². The number of carbonyl (C=O) groups is 2. The molecule has 0 fully saturated rings. The number of aliphatic carboxylic acids is 1. The van der Waals surface area contributed by atoms with Crippen molar-refractivity contribution >= 4 is 24.5 Å². The molecule has 2 N–H and O–H groups in total. The Labute approximate surface area is 82.4 Å². The van der Waals surface area contributed by atoms with Crippen LogP contribution in [0.25, 0.3) is 0 Å². The molecular weight excluding hydrogens is 190 g/mol. The maximum absolute atomic E-state index is 10.9. The first-order chi connectivity index (χ1) is 6.11. The van der Waals surface area contributed by atoms with Crippen LogP contribution in [0.4, 0.5) is 0 Å². The van der Waals surface area contributed by atoms with Crippen LogP contribution < -0.4 is 5.32 Å². The van der Waals surface area contributed by atoms with Crippen molar-refractivity contribution in [3.8, 4) is 0 Å². The van der Waals surface area contributed by atoms with Gasteiger partial charge in [-0.2, -0.15) is 12.6 Å². The van der Waals surface area contributed by atoms with E-state index in [0.29, 0.717) is 12.2 Å². The highest BCUT2D eigenvalue weighted by molar-refractivity contribution is 7.80. The van der Waals surface area contributed by atoms with Gasteiger partial charge in [0.25, 0.3) is 0 Å². The minimum Gasteiger partial charge on any atom is -0.480 e. The summed E-state index contributed by atoms with van der Waals surface area (Å²) in [6, 6.07) is -0.846. The van der Waals surface area contributed by atoms with Crippen molar-refractivity contribution in [2.75, 3.05) is 5.75 Å². The van der Waals surface area contributed by atoms with E-state index in [0.717, 1.165) is 0 Å². The van der Waals surface area contributed by atoms with Crippen LogP contribution in [0, 0.1) is 0 Å². The third-order valence-electron chi connectivity index (χ3n) is 1.35. The number of allylic oxidation sites excluding steroid dienone is 1. The van der Waals surface area contributed by atoms with E-state index in [1.165, 1.54) is 6.08 Å². The molecule has 0 aliphatic heterocycles. The molecule has 1 amide bonds. The Hall–Kier alpha value is -0.970. The molecule has 0 aromatic rings. The standard InChI is InChI=1S/C8H13NO3S/c1-2-3-7(10)9-6(4-5-13)8(11)12/h2-3,6,13H,4-5H2,1H3,(H,9,10)(H,11,12)/b3-2+/t6-/m0/s1. The number of hydrogen-bond acceptors (Lipinski definition) is 3. The minimum absolute atomic E-state index is 0.321. The summed E-state index contributed by atoms with van der Waals surface area (Å²) < 4.78 is 0. The van der Waals surface area contributed by atoms with Crippen molar-refractivity contribution in [2.24, 2.45) is 0 Å². The Morgan fingerprint density at radius 1 is 1.62 bits per heavy atom. The van der Waals surface area contributed by atoms with Crippen LogP contribution >= 0.6 is 12.6 Å². The normalized spacial score (nSPS) is 12.8. The number of carboxylic acid groups (broad SMARTS) is 1. The van der Waals surface area contributed by atoms with Crippen molar-refractivity contribution in [3.63, 3.8) is 0 Å². The molecule has 0 unspecified atom stereocenters. The van der Waals surface area contributed by atoms with E-state index in [2.05, 4.69) is 17.9 Å². The fourth-order valence-electron chi connectivity index (χ4n) is 0.758. The quantitative estimate of drug-likeness (QED) is 0.449. The lowest BCUT2D eigenvalue weighted by atomic mass is 10.2. The average Bonchev–Trinajstić information content (AvgIpc) is 2.04. The molecule has 0 aromatic heterocycles. The molecule has 0 bridgehead atoms. The number of amides is 1. The molecule has 0 radical (unpaired) electrons. The fraction of sp³-hybridized carbons (Fsp3) is 0.500. The second-order valence-corrected chi connectivity index (χ2v) is 2.86. The molecule has 1 atom stereocenters. The van der Waals surface area contributed by atoms with Crippen molar-refractivity contribution in [2.45, 2.75) is 19.4 Å². The largest absolute Gasteiger partial charge is 0.480 e. The summed E-state index contributed by atoms with van der Waals surface area (Å²) in [6.45, 7) is 1.69. The molecule has 0 heterocycles. The van der Waals surface area contributed by atoms with Gasteiger partial charge in [-0.25, -0.2) is 4.79 Å². The summed E-state index contributed by atoms with van der Waals surface area (Å²) >= 11 is 3.90. The molecule has 0 spiro atoms. The van der Waals surface area contributed by atoms with Crippen LogP contribution in [-0.4, -0.2) is 28.8 Å². The molecule has 0 saturated carbocycles. The molecule has 5 heteroatoms. The average molecular weight is 203 g/mol. The van der Waals surface area contributed by atoms with Gasteiger partial charge >= 0.3 is 5.97 Å². The predicted octanol–water partition coefficient (Wildman–Crippen LogP) is 0.452. The van der Waals surface area contributed by atoms with Gasteiger partial charge < -0.3 is 10.4 Å². The van der Waals surface area contributed by atoms with Gasteiger partial charge in [-0.3, -0.25) is 4.79 Å². The zero-order valence-electron chi connectivity index (χ0n) is 7.36. The number of rotatable bonds is 5. The molecule has 13 heavy (non-hydrogen) atoms. The van der Waals surface area contributed by atoms with Crippen molar-refractivity contribution in [1.82, 2.24) is 5.32 Å². The summed E-state index contributed by atoms with van der Waals surface area (Å²) in [5, 5.41) is 11.0. The molecular formula is C8H13NO3S. The third kappa shape index (κ3) is 5.30. The Bertz CT molecular complexity index is 215. The van der Waals surface area contributed by atoms with Gasteiger partial charge in [0.05, 0.1) is 0 Å². The highest BCUT2D eigenvalue weighted by Crippen LogP contribution is 1.94. The van der Waals surface area contributed by atoms with E-state index in [-0.39, 0.29) is 0 Å². The van der Waals surface area contributed by atoms with Crippen molar-refractivity contribution < 1.29 is 14.7 Å². The van der Waals surface area contributed by atoms with Crippen molar-refractivity contribution in [3.05, 3.63) is 12.2 Å². The smallest absolute Gasteiger partial charge is 0.326 e. The van der Waals surface area contributed by atoms with Gasteiger partial charge in [-0.05, 0) is 25.2 Å². The molecule has 0 aliphatic rings. The van der Waals surface area contributed by atoms with Gasteiger partial charge in [-0.1, -0.05) is 6.08 Å². The molecule has 0 rings (SSSR count). The van der Waals surface area contributed by atoms with Gasteiger partial charge in [-0.15, -0.1) is 0 Å². The summed E-state index contributed by atoms with van der Waals surface area (Å²) in [5.41, 5.74) is 0. The lowest BCUT2D eigenvalue weighted by Gasteiger charge is -2.11. The number of thiol groups is 1. The highest BCUT2D eigenvalue weighted by atomic mass is 32.1. The zero-order valence-corrected chi connectivity index (χ0v) is 8.25. The second kappa shape index (κ2) is 6.54. The summed E-state index contributed by atoms with van der Waals surface area (Å²) in [7, 11) is 0. The first-order valence-electron chi connectivity index (χ1n) is 3.88. The monoisotopic (exact) mass is 203 g/mol. The molecule has 0 aliphatic carbocycles. The van der Waals surface area contributed by atoms with Crippen LogP contribution in [0.15, 0.2) is 12.2 Å². The van der Waals surface area contributed by atoms with E-state index >= 15 is 0 Å². The number of carboxylic acids is 1. The maximum Gasteiger partial charge on any atom is 0.326 e. The molecule has 74 valence electrons. The van der Waals surface area contributed by atoms with E-state index in [4.69, 9.17) is 5.11 Å². The first kappa shape index (κ1) is 12.0. The van der Waals surface area contributed by atoms with Crippen LogP contribution in [0.5, 0.6) is 0 Å². The summed E-state index contributed by atoms with van der Waals surface area (Å²) in [5.74, 6) is -1.00. The predicted molar refractivity (Wildman–Crippen MR) is 52.9 cm³/mol. The van der Waals surface area contributed by atoms with E-state index in [1.807, 2.05) is 0 Å². The van der Waals surface area contributed by atoms with Crippen LogP contribution in [-0.2, 0) is 9.59 Å². The highest BCUT2D eigenvalue weighted by Gasteiger charge is 2.17. The number of hydrogen-bond donors (Lipinski definition) is 3. The Morgan fingerprint density at radius 2 is 2.23 bits per heavy atom. The topological polar surface area (TPSA) is 66.4 Å². The van der Waals surface area contributed by atoms with Crippen molar-refractivity contribution in [1.29, 1.82) is 0 Å². The SMILES string of the molecule is C/C=C/C(=O)N[C@@H](CCS)C(=O)O. The Morgan fingerprint density at radius 3 is 2.62 bits per heavy atom. The van der Waals surface area contributed by atoms with Gasteiger partial charge in [0, 0.05) is 0 Å². The third-order valence-corrected chi connectivity index (χ3v) is 1.61. The minimum atomic E-state index is -1.04. The van der Waals surface area contributed by atoms with Crippen LogP contribution in [0.3, 0.4) is 0 Å². The van der Waals surface area contributed by atoms with Crippen LogP contribution in [0.2, 0.25) is 0 Å². The van der Waals surface area contributed by atoms with Gasteiger partial charge in [0.15, 0.2) is 0 Å². The summed E-state index contributed by atoms with van der Waals surface area (Å²) in [6.07, 6.45) is 3.16. The molecule has 4 nitrogen and oxygen atoms in total. The fourth-order valence-corrected chi connectivity index (χ4v) is 1.02. The zero-order chi connectivity index (χ0) is 10.3. The lowest BCUT2D eigenvalue weighted by Crippen LogP contribution is -2.40. The van der Waals surface area contributed by atoms with E-state index in [9.17, 15) is 9.59 Å². The molecule has 0 aromatic carbocycles. The number of carbonyl (C=O) groups excluding carboxylic acids is 1. The second-order valence-electron chi connectivity index (χ2n) is 2.41. The number of nitrogens with one attached hydrogen (secondary N) is 1.